The summed E-state index contributed by atoms with van der Waals surface area (Å²) < 4.78 is 45.0. The van der Waals surface area contributed by atoms with Crippen LogP contribution in [0.25, 0.3) is 10.9 Å². The topological polar surface area (TPSA) is 74.6 Å². The van der Waals surface area contributed by atoms with Gasteiger partial charge < -0.3 is 19.9 Å². The van der Waals surface area contributed by atoms with Crippen molar-refractivity contribution in [2.75, 3.05) is 24.5 Å². The first kappa shape index (κ1) is 17.8. The van der Waals surface area contributed by atoms with Gasteiger partial charge in [-0.15, -0.1) is 0 Å². The number of hydrogen-bond acceptors (Lipinski definition) is 4. The van der Waals surface area contributed by atoms with Crippen LogP contribution in [0.15, 0.2) is 17.1 Å². The molecule has 3 atom stereocenters. The van der Waals surface area contributed by atoms with Crippen LogP contribution < -0.4 is 15.6 Å². The van der Waals surface area contributed by atoms with Crippen molar-refractivity contribution in [2.24, 2.45) is 0 Å². The van der Waals surface area contributed by atoms with E-state index in [1.807, 2.05) is 6.92 Å². The fourth-order valence-electron chi connectivity index (χ4n) is 3.71. The smallest absolute Gasteiger partial charge is 0.341 e. The molecule has 0 radical (unpaired) electrons. The summed E-state index contributed by atoms with van der Waals surface area (Å²) in [5.74, 6) is -3.42. The molecule has 0 unspecified atom stereocenters. The molecule has 2 fully saturated rings. The van der Waals surface area contributed by atoms with Crippen molar-refractivity contribution >= 4 is 22.6 Å². The second-order valence-corrected chi connectivity index (χ2v) is 7.12. The summed E-state index contributed by atoms with van der Waals surface area (Å²) in [6.45, 7) is 3.16. The fraction of sp³-hybridized carbons (Fsp3) is 0.444. The highest BCUT2D eigenvalue weighted by molar-refractivity contribution is 5.94. The lowest BCUT2D eigenvalue weighted by Crippen LogP contribution is -2.49. The molecule has 0 spiro atoms. The third kappa shape index (κ3) is 2.86. The Bertz CT molecular complexity index is 1010. The van der Waals surface area contributed by atoms with Crippen molar-refractivity contribution in [3.8, 4) is 0 Å². The van der Waals surface area contributed by atoms with Gasteiger partial charge in [0.2, 0.25) is 5.43 Å². The summed E-state index contributed by atoms with van der Waals surface area (Å²) in [7, 11) is 0. The number of nitrogens with one attached hydrogen (secondary N) is 1. The number of carbonyl (C=O) groups is 1. The molecule has 2 aromatic rings. The first-order chi connectivity index (χ1) is 12.8. The van der Waals surface area contributed by atoms with E-state index in [9.17, 15) is 23.5 Å². The number of fused-ring (bicyclic) bond motifs is 1. The van der Waals surface area contributed by atoms with Gasteiger partial charge in [-0.25, -0.2) is 18.0 Å². The lowest BCUT2D eigenvalue weighted by molar-refractivity contribution is 0.0694. The highest BCUT2D eigenvalue weighted by atomic mass is 19.1. The van der Waals surface area contributed by atoms with Crippen LogP contribution in [-0.4, -0.2) is 47.5 Å². The number of halogens is 3. The van der Waals surface area contributed by atoms with E-state index in [4.69, 9.17) is 0 Å². The predicted molar refractivity (Wildman–Crippen MR) is 93.3 cm³/mol. The minimum absolute atomic E-state index is 0.0171. The van der Waals surface area contributed by atoms with Crippen LogP contribution in [-0.2, 0) is 0 Å². The van der Waals surface area contributed by atoms with Crippen molar-refractivity contribution < 1.29 is 23.1 Å². The Balaban J connectivity index is 2.00. The Labute approximate surface area is 152 Å². The molecule has 1 aromatic carbocycles. The first-order valence-electron chi connectivity index (χ1n) is 8.72. The summed E-state index contributed by atoms with van der Waals surface area (Å²) in [4.78, 5) is 25.3. The zero-order chi connectivity index (χ0) is 19.5. The zero-order valence-corrected chi connectivity index (χ0v) is 14.5. The van der Waals surface area contributed by atoms with Crippen molar-refractivity contribution in [3.63, 3.8) is 0 Å². The molecule has 2 heterocycles. The SMILES string of the molecule is C[C@@H]1CN(c2c(F)cc3c(=O)c(C(=O)O)cn([C@H]4C[C@H]4F)c3c2F)CCN1. The van der Waals surface area contributed by atoms with Gasteiger partial charge in [-0.2, -0.15) is 0 Å². The van der Waals surface area contributed by atoms with Crippen LogP contribution in [0.5, 0.6) is 0 Å². The average Bonchev–Trinajstić information content (AvgIpc) is 3.32. The minimum atomic E-state index is -1.52. The summed E-state index contributed by atoms with van der Waals surface area (Å²) in [6.07, 6.45) is -0.208. The number of pyridine rings is 1. The predicted octanol–water partition coefficient (Wildman–Crippen LogP) is 2.06. The van der Waals surface area contributed by atoms with E-state index in [2.05, 4.69) is 5.32 Å². The molecular formula is C18H18F3N3O3. The van der Waals surface area contributed by atoms with Gasteiger partial charge in [0.25, 0.3) is 0 Å². The van der Waals surface area contributed by atoms with E-state index >= 15 is 4.39 Å². The number of nitrogens with zero attached hydrogens (tertiary/aromatic N) is 2. The number of piperazine rings is 1. The third-order valence-electron chi connectivity index (χ3n) is 5.14. The van der Waals surface area contributed by atoms with Crippen LogP contribution in [0.2, 0.25) is 0 Å². The molecule has 1 aromatic heterocycles. The number of hydrogen-bond donors (Lipinski definition) is 2. The van der Waals surface area contributed by atoms with E-state index in [-0.39, 0.29) is 23.7 Å². The minimum Gasteiger partial charge on any atom is -0.477 e. The van der Waals surface area contributed by atoms with Crippen molar-refractivity contribution in [1.82, 2.24) is 9.88 Å². The monoisotopic (exact) mass is 381 g/mol. The quantitative estimate of drug-likeness (QED) is 0.852. The number of aromatic nitrogens is 1. The summed E-state index contributed by atoms with van der Waals surface area (Å²) in [5.41, 5.74) is -2.15. The van der Waals surface area contributed by atoms with Crippen LogP contribution >= 0.6 is 0 Å². The van der Waals surface area contributed by atoms with Gasteiger partial charge in [-0.05, 0) is 13.0 Å². The van der Waals surface area contributed by atoms with Crippen molar-refractivity contribution in [3.05, 3.63) is 39.7 Å². The van der Waals surface area contributed by atoms with Crippen molar-refractivity contribution in [1.29, 1.82) is 0 Å². The van der Waals surface area contributed by atoms with Crippen LogP contribution in [0.1, 0.15) is 29.7 Å². The molecule has 2 N–H and O–H groups in total. The molecule has 0 bridgehead atoms. The number of alkyl halides is 1. The highest BCUT2D eigenvalue weighted by Crippen LogP contribution is 2.42. The zero-order valence-electron chi connectivity index (χ0n) is 14.5. The Morgan fingerprint density at radius 3 is 2.67 bits per heavy atom. The molecule has 6 nitrogen and oxygen atoms in total. The Morgan fingerprint density at radius 2 is 2.07 bits per heavy atom. The van der Waals surface area contributed by atoms with Gasteiger partial charge in [-0.1, -0.05) is 0 Å². The van der Waals surface area contributed by atoms with E-state index in [0.29, 0.717) is 19.6 Å². The lowest BCUT2D eigenvalue weighted by Gasteiger charge is -2.34. The molecule has 27 heavy (non-hydrogen) atoms. The average molecular weight is 381 g/mol. The van der Waals surface area contributed by atoms with Gasteiger partial charge in [0.15, 0.2) is 5.82 Å². The third-order valence-corrected chi connectivity index (χ3v) is 5.14. The summed E-state index contributed by atoms with van der Waals surface area (Å²) in [5, 5.41) is 12.0. The number of aromatic carboxylic acids is 1. The second-order valence-electron chi connectivity index (χ2n) is 7.12. The van der Waals surface area contributed by atoms with Crippen molar-refractivity contribution in [2.45, 2.75) is 31.6 Å². The van der Waals surface area contributed by atoms with E-state index in [1.165, 1.54) is 0 Å². The van der Waals surface area contributed by atoms with E-state index < -0.39 is 46.2 Å². The highest BCUT2D eigenvalue weighted by Gasteiger charge is 2.41. The molecular weight excluding hydrogens is 363 g/mol. The molecule has 1 aliphatic heterocycles. The normalized spacial score (nSPS) is 25.0. The fourth-order valence-corrected chi connectivity index (χ4v) is 3.71. The number of anilines is 1. The van der Waals surface area contributed by atoms with Crippen LogP contribution in [0.3, 0.4) is 0 Å². The standard InChI is InChI=1S/C18H18F3N3O3/c1-8-6-23(3-2-22-8)16-12(20)4-9-15(14(16)21)24(13-5-11(13)19)7-10(17(9)25)18(26)27/h4,7-8,11,13,22H,2-3,5-6H2,1H3,(H,26,27)/t8-,11-,13+/m1/s1. The van der Waals surface area contributed by atoms with Gasteiger partial charge in [0.05, 0.1) is 16.9 Å². The van der Waals surface area contributed by atoms with Gasteiger partial charge in [0, 0.05) is 38.3 Å². The molecule has 1 aliphatic carbocycles. The largest absolute Gasteiger partial charge is 0.477 e. The molecule has 9 heteroatoms. The number of carboxylic acid groups (broad SMARTS) is 1. The van der Waals surface area contributed by atoms with Crippen LogP contribution in [0.4, 0.5) is 18.9 Å². The maximum absolute atomic E-state index is 15.4. The van der Waals surface area contributed by atoms with Crippen LogP contribution in [0, 0.1) is 11.6 Å². The molecule has 4 rings (SSSR count). The molecule has 144 valence electrons. The van der Waals surface area contributed by atoms with E-state index in [0.717, 1.165) is 16.8 Å². The Kier molecular flexibility index (Phi) is 4.14. The number of rotatable bonds is 3. The van der Waals surface area contributed by atoms with E-state index in [1.54, 1.807) is 4.90 Å². The molecule has 1 saturated heterocycles. The second kappa shape index (κ2) is 6.26. The van der Waals surface area contributed by atoms with Gasteiger partial charge in [0.1, 0.15) is 23.2 Å². The number of benzene rings is 1. The maximum atomic E-state index is 15.4. The molecule has 2 aliphatic rings. The molecule has 1 saturated carbocycles. The van der Waals surface area contributed by atoms with Gasteiger partial charge >= 0.3 is 5.97 Å². The first-order valence-corrected chi connectivity index (χ1v) is 8.72. The molecule has 0 amide bonds. The number of carboxylic acids is 1. The summed E-state index contributed by atoms with van der Waals surface area (Å²) in [6, 6.07) is 0.117. The summed E-state index contributed by atoms with van der Waals surface area (Å²) >= 11 is 0. The lowest BCUT2D eigenvalue weighted by atomic mass is 10.1. The Hall–Kier alpha value is -2.55. The maximum Gasteiger partial charge on any atom is 0.341 e. The van der Waals surface area contributed by atoms with Gasteiger partial charge in [-0.3, -0.25) is 4.79 Å². The Morgan fingerprint density at radius 1 is 1.37 bits per heavy atom.